The number of hydrogen-bond acceptors (Lipinski definition) is 3. The van der Waals surface area contributed by atoms with Crippen LogP contribution >= 0.6 is 0 Å². The summed E-state index contributed by atoms with van der Waals surface area (Å²) in [5.74, 6) is 0.705. The molecule has 0 aliphatic carbocycles. The fourth-order valence-corrected chi connectivity index (χ4v) is 2.47. The monoisotopic (exact) mass is 234 g/mol. The van der Waals surface area contributed by atoms with Crippen LogP contribution in [0.2, 0.25) is 0 Å². The second-order valence-electron chi connectivity index (χ2n) is 5.09. The summed E-state index contributed by atoms with van der Waals surface area (Å²) >= 11 is 0. The van der Waals surface area contributed by atoms with E-state index in [9.17, 15) is 0 Å². The van der Waals surface area contributed by atoms with E-state index >= 15 is 0 Å². The summed E-state index contributed by atoms with van der Waals surface area (Å²) < 4.78 is 5.52. The summed E-state index contributed by atoms with van der Waals surface area (Å²) in [5, 5.41) is 0. The van der Waals surface area contributed by atoms with Gasteiger partial charge in [0.1, 0.15) is 0 Å². The maximum absolute atomic E-state index is 5.52. The van der Waals surface area contributed by atoms with Gasteiger partial charge in [-0.3, -0.25) is 4.98 Å². The van der Waals surface area contributed by atoms with E-state index in [-0.39, 0.29) is 0 Å². The third-order valence-electron chi connectivity index (χ3n) is 3.24. The third-order valence-corrected chi connectivity index (χ3v) is 3.24. The Kier molecular flexibility index (Phi) is 4.51. The van der Waals surface area contributed by atoms with Gasteiger partial charge in [0.2, 0.25) is 0 Å². The van der Waals surface area contributed by atoms with Crippen LogP contribution in [0.3, 0.4) is 0 Å². The molecular weight excluding hydrogens is 212 g/mol. The van der Waals surface area contributed by atoms with Crippen LogP contribution in [0.25, 0.3) is 0 Å². The number of aryl methyl sites for hydroxylation is 1. The molecule has 0 aromatic carbocycles. The lowest BCUT2D eigenvalue weighted by atomic mass is 10.0. The summed E-state index contributed by atoms with van der Waals surface area (Å²) in [6.07, 6.45) is 4.41. The van der Waals surface area contributed by atoms with E-state index in [0.29, 0.717) is 5.92 Å². The highest BCUT2D eigenvalue weighted by atomic mass is 16.5. The average molecular weight is 234 g/mol. The number of nitrogens with zero attached hydrogens (tertiary/aromatic N) is 2. The Labute approximate surface area is 104 Å². The molecule has 1 aromatic heterocycles. The van der Waals surface area contributed by atoms with Crippen molar-refractivity contribution in [2.75, 3.05) is 26.8 Å². The van der Waals surface area contributed by atoms with Crippen LogP contribution in [0.15, 0.2) is 18.3 Å². The van der Waals surface area contributed by atoms with Gasteiger partial charge in [-0.1, -0.05) is 0 Å². The Morgan fingerprint density at radius 2 is 2.41 bits per heavy atom. The summed E-state index contributed by atoms with van der Waals surface area (Å²) in [4.78, 5) is 6.61. The molecule has 1 aromatic rings. The lowest BCUT2D eigenvalue weighted by Crippen LogP contribution is -2.30. The summed E-state index contributed by atoms with van der Waals surface area (Å²) in [7, 11) is 2.18. The second-order valence-corrected chi connectivity index (χ2v) is 5.09. The van der Waals surface area contributed by atoms with Crippen LogP contribution in [-0.4, -0.2) is 36.7 Å². The summed E-state index contributed by atoms with van der Waals surface area (Å²) in [6.45, 7) is 6.04. The molecular formula is C14H22N2O. The van der Waals surface area contributed by atoms with Crippen LogP contribution < -0.4 is 0 Å². The molecule has 17 heavy (non-hydrogen) atoms. The minimum atomic E-state index is 0.705. The molecule has 1 saturated heterocycles. The van der Waals surface area contributed by atoms with Crippen molar-refractivity contribution in [1.29, 1.82) is 0 Å². The maximum atomic E-state index is 5.52. The molecule has 3 nitrogen and oxygen atoms in total. The second kappa shape index (κ2) is 6.12. The van der Waals surface area contributed by atoms with Gasteiger partial charge in [-0.05, 0) is 50.4 Å². The SMILES string of the molecule is Cc1cc(CN(C)C[C@H]2CCCOC2)ccn1. The lowest BCUT2D eigenvalue weighted by Gasteiger charge is -2.27. The molecule has 3 heteroatoms. The van der Waals surface area contributed by atoms with Gasteiger partial charge in [-0.25, -0.2) is 0 Å². The Morgan fingerprint density at radius 3 is 3.12 bits per heavy atom. The Balaban J connectivity index is 1.82. The van der Waals surface area contributed by atoms with Crippen molar-refractivity contribution >= 4 is 0 Å². The van der Waals surface area contributed by atoms with Crippen LogP contribution in [0, 0.1) is 12.8 Å². The predicted molar refractivity (Wildman–Crippen MR) is 68.9 cm³/mol. The number of aromatic nitrogens is 1. The van der Waals surface area contributed by atoms with Crippen molar-refractivity contribution < 1.29 is 4.74 Å². The third kappa shape index (κ3) is 4.10. The first-order valence-corrected chi connectivity index (χ1v) is 6.42. The number of hydrogen-bond donors (Lipinski definition) is 0. The van der Waals surface area contributed by atoms with E-state index in [1.165, 1.54) is 18.4 Å². The van der Waals surface area contributed by atoms with E-state index in [0.717, 1.165) is 32.0 Å². The van der Waals surface area contributed by atoms with Gasteiger partial charge in [-0.2, -0.15) is 0 Å². The molecule has 1 aliphatic heterocycles. The predicted octanol–water partition coefficient (Wildman–Crippen LogP) is 2.25. The fourth-order valence-electron chi connectivity index (χ4n) is 2.47. The molecule has 2 heterocycles. The molecule has 0 spiro atoms. The van der Waals surface area contributed by atoms with Gasteiger partial charge in [0.05, 0.1) is 6.61 Å². The van der Waals surface area contributed by atoms with E-state index in [1.807, 2.05) is 13.1 Å². The van der Waals surface area contributed by atoms with Crippen molar-refractivity contribution in [1.82, 2.24) is 9.88 Å². The molecule has 94 valence electrons. The van der Waals surface area contributed by atoms with Crippen LogP contribution in [-0.2, 0) is 11.3 Å². The zero-order chi connectivity index (χ0) is 12.1. The number of rotatable bonds is 4. The lowest BCUT2D eigenvalue weighted by molar-refractivity contribution is 0.0411. The normalized spacial score (nSPS) is 20.8. The summed E-state index contributed by atoms with van der Waals surface area (Å²) in [5.41, 5.74) is 2.44. The first-order valence-electron chi connectivity index (χ1n) is 6.42. The van der Waals surface area contributed by atoms with Gasteiger partial charge < -0.3 is 9.64 Å². The Hall–Kier alpha value is -0.930. The molecule has 0 amide bonds. The van der Waals surface area contributed by atoms with Crippen molar-refractivity contribution in [3.63, 3.8) is 0 Å². The van der Waals surface area contributed by atoms with Gasteiger partial charge >= 0.3 is 0 Å². The van der Waals surface area contributed by atoms with Crippen molar-refractivity contribution in [2.24, 2.45) is 5.92 Å². The molecule has 1 fully saturated rings. The van der Waals surface area contributed by atoms with Crippen LogP contribution in [0.5, 0.6) is 0 Å². The van der Waals surface area contributed by atoms with Gasteiger partial charge in [0.15, 0.2) is 0 Å². The van der Waals surface area contributed by atoms with E-state index in [4.69, 9.17) is 4.74 Å². The molecule has 1 atom stereocenters. The van der Waals surface area contributed by atoms with Crippen molar-refractivity contribution in [3.05, 3.63) is 29.6 Å². The largest absolute Gasteiger partial charge is 0.381 e. The van der Waals surface area contributed by atoms with Gasteiger partial charge in [-0.15, -0.1) is 0 Å². The molecule has 2 rings (SSSR count). The van der Waals surface area contributed by atoms with Crippen molar-refractivity contribution in [3.8, 4) is 0 Å². The topological polar surface area (TPSA) is 25.4 Å². The van der Waals surface area contributed by atoms with Gasteiger partial charge in [0, 0.05) is 31.6 Å². The highest BCUT2D eigenvalue weighted by Gasteiger charge is 2.15. The maximum Gasteiger partial charge on any atom is 0.0506 e. The van der Waals surface area contributed by atoms with Crippen molar-refractivity contribution in [2.45, 2.75) is 26.3 Å². The standard InChI is InChI=1S/C14H22N2O/c1-12-8-13(5-6-15-12)9-16(2)10-14-4-3-7-17-11-14/h5-6,8,14H,3-4,7,9-11H2,1-2H3/t14-/m1/s1. The highest BCUT2D eigenvalue weighted by molar-refractivity contribution is 5.15. The Bertz CT molecular complexity index is 348. The molecule has 1 aliphatic rings. The fraction of sp³-hybridized carbons (Fsp3) is 0.643. The minimum Gasteiger partial charge on any atom is -0.381 e. The zero-order valence-electron chi connectivity index (χ0n) is 10.9. The van der Waals surface area contributed by atoms with E-state index in [2.05, 4.69) is 29.1 Å². The molecule has 0 unspecified atom stereocenters. The Morgan fingerprint density at radius 1 is 1.53 bits per heavy atom. The first-order chi connectivity index (χ1) is 8.24. The number of ether oxygens (including phenoxy) is 1. The van der Waals surface area contributed by atoms with Crippen LogP contribution in [0.1, 0.15) is 24.1 Å². The molecule has 0 radical (unpaired) electrons. The minimum absolute atomic E-state index is 0.705. The molecule has 0 N–H and O–H groups in total. The van der Waals surface area contributed by atoms with Gasteiger partial charge in [0.25, 0.3) is 0 Å². The first kappa shape index (κ1) is 12.5. The van der Waals surface area contributed by atoms with E-state index < -0.39 is 0 Å². The smallest absolute Gasteiger partial charge is 0.0506 e. The zero-order valence-corrected chi connectivity index (χ0v) is 10.9. The molecule has 0 saturated carbocycles. The van der Waals surface area contributed by atoms with E-state index in [1.54, 1.807) is 0 Å². The average Bonchev–Trinajstić information content (AvgIpc) is 2.30. The number of pyridine rings is 1. The van der Waals surface area contributed by atoms with Crippen LogP contribution in [0.4, 0.5) is 0 Å². The molecule has 0 bridgehead atoms. The summed E-state index contributed by atoms with van der Waals surface area (Å²) in [6, 6.07) is 4.26. The quantitative estimate of drug-likeness (QED) is 0.799. The highest BCUT2D eigenvalue weighted by Crippen LogP contribution is 2.15.